The van der Waals surface area contributed by atoms with Gasteiger partial charge in [0.1, 0.15) is 0 Å². The van der Waals surface area contributed by atoms with Gasteiger partial charge in [0.15, 0.2) is 0 Å². The van der Waals surface area contributed by atoms with E-state index in [1.54, 1.807) is 10.5 Å². The predicted molar refractivity (Wildman–Crippen MR) is 70.8 cm³/mol. The van der Waals surface area contributed by atoms with Crippen molar-refractivity contribution in [1.82, 2.24) is 0 Å². The van der Waals surface area contributed by atoms with Crippen LogP contribution in [0.25, 0.3) is 0 Å². The van der Waals surface area contributed by atoms with Crippen LogP contribution in [0.3, 0.4) is 0 Å². The fourth-order valence-electron chi connectivity index (χ4n) is 2.92. The molecular formula is C13H30Ge. The second kappa shape index (κ2) is 6.92. The van der Waals surface area contributed by atoms with Crippen LogP contribution in [-0.4, -0.2) is 13.3 Å². The zero-order chi connectivity index (χ0) is 11.2. The van der Waals surface area contributed by atoms with Crippen molar-refractivity contribution in [2.75, 3.05) is 0 Å². The van der Waals surface area contributed by atoms with Crippen molar-refractivity contribution in [3.05, 3.63) is 0 Å². The zero-order valence-corrected chi connectivity index (χ0v) is 13.3. The van der Waals surface area contributed by atoms with E-state index in [2.05, 4.69) is 41.5 Å². The van der Waals surface area contributed by atoms with Crippen molar-refractivity contribution in [1.29, 1.82) is 0 Å². The van der Waals surface area contributed by atoms with Crippen LogP contribution in [0.4, 0.5) is 0 Å². The molecule has 0 aromatic rings. The van der Waals surface area contributed by atoms with Crippen molar-refractivity contribution in [2.45, 2.75) is 80.8 Å². The van der Waals surface area contributed by atoms with Gasteiger partial charge in [0, 0.05) is 0 Å². The molecule has 0 unspecified atom stereocenters. The van der Waals surface area contributed by atoms with Gasteiger partial charge in [-0.2, -0.15) is 0 Å². The van der Waals surface area contributed by atoms with Gasteiger partial charge in [-0.3, -0.25) is 0 Å². The number of unbranched alkanes of at least 4 members (excludes halogenated alkanes) is 1. The Hall–Kier alpha value is 0.543. The third-order valence-electron chi connectivity index (χ3n) is 4.01. The molecule has 0 saturated heterocycles. The van der Waals surface area contributed by atoms with E-state index in [9.17, 15) is 0 Å². The van der Waals surface area contributed by atoms with Crippen LogP contribution < -0.4 is 0 Å². The zero-order valence-electron chi connectivity index (χ0n) is 11.2. The molecule has 0 saturated carbocycles. The van der Waals surface area contributed by atoms with E-state index in [1.807, 2.05) is 0 Å². The molecule has 0 atom stereocenters. The van der Waals surface area contributed by atoms with Gasteiger partial charge in [0.05, 0.1) is 0 Å². The summed E-state index contributed by atoms with van der Waals surface area (Å²) in [5.74, 6) is 0. The Bertz CT molecular complexity index is 130. The summed E-state index contributed by atoms with van der Waals surface area (Å²) in [7, 11) is 0. The minimum atomic E-state index is -1.52. The van der Waals surface area contributed by atoms with Crippen LogP contribution in [0, 0.1) is 0 Å². The molecule has 0 aliphatic rings. The average molecular weight is 259 g/mol. The number of hydrogen-bond acceptors (Lipinski definition) is 0. The van der Waals surface area contributed by atoms with Crippen molar-refractivity contribution in [3.8, 4) is 0 Å². The molecule has 0 radical (unpaired) electrons. The predicted octanol–water partition coefficient (Wildman–Crippen LogP) is 5.47. The standard InChI is InChI=1S/C13H30Ge/c1-7-9-11-14(10-8-2,12(3)4)13(5)6/h12-13H,7-11H2,1-6H3. The molecule has 0 heterocycles. The summed E-state index contributed by atoms with van der Waals surface area (Å²) >= 11 is -1.52. The Morgan fingerprint density at radius 1 is 0.786 bits per heavy atom. The van der Waals surface area contributed by atoms with Crippen LogP contribution in [0.1, 0.15) is 60.8 Å². The van der Waals surface area contributed by atoms with E-state index < -0.39 is 13.3 Å². The summed E-state index contributed by atoms with van der Waals surface area (Å²) in [6.07, 6.45) is 4.28. The van der Waals surface area contributed by atoms with E-state index in [1.165, 1.54) is 19.3 Å². The van der Waals surface area contributed by atoms with Gasteiger partial charge >= 0.3 is 94.1 Å². The topological polar surface area (TPSA) is 0 Å². The Balaban J connectivity index is 4.56. The quantitative estimate of drug-likeness (QED) is 0.532. The average Bonchev–Trinajstić information content (AvgIpc) is 2.11. The van der Waals surface area contributed by atoms with Gasteiger partial charge < -0.3 is 0 Å². The third-order valence-corrected chi connectivity index (χ3v) is 19.4. The summed E-state index contributed by atoms with van der Waals surface area (Å²) < 4.78 is 2.03. The van der Waals surface area contributed by atoms with E-state index in [0.29, 0.717) is 0 Å². The molecule has 0 amide bonds. The molecule has 0 N–H and O–H groups in total. The molecule has 14 heavy (non-hydrogen) atoms. The van der Waals surface area contributed by atoms with Gasteiger partial charge in [0.2, 0.25) is 0 Å². The van der Waals surface area contributed by atoms with Gasteiger partial charge in [-0.25, -0.2) is 0 Å². The summed E-state index contributed by atoms with van der Waals surface area (Å²) in [4.78, 5) is 0. The van der Waals surface area contributed by atoms with E-state index in [4.69, 9.17) is 0 Å². The maximum absolute atomic E-state index is 2.49. The summed E-state index contributed by atoms with van der Waals surface area (Å²) in [5.41, 5.74) is 0. The fraction of sp³-hybridized carbons (Fsp3) is 1.00. The van der Waals surface area contributed by atoms with E-state index in [-0.39, 0.29) is 0 Å². The first-order valence-electron chi connectivity index (χ1n) is 6.51. The monoisotopic (exact) mass is 260 g/mol. The van der Waals surface area contributed by atoms with Crippen molar-refractivity contribution < 1.29 is 0 Å². The molecule has 0 aromatic heterocycles. The summed E-state index contributed by atoms with van der Waals surface area (Å²) in [5, 5.41) is 3.20. The van der Waals surface area contributed by atoms with Crippen molar-refractivity contribution in [2.24, 2.45) is 0 Å². The first kappa shape index (κ1) is 14.5. The number of rotatable bonds is 7. The van der Waals surface area contributed by atoms with Crippen LogP contribution in [-0.2, 0) is 0 Å². The molecule has 0 aliphatic carbocycles. The molecule has 0 spiro atoms. The molecule has 86 valence electrons. The normalized spacial score (nSPS) is 12.9. The Labute approximate surface area is 94.2 Å². The molecule has 0 aromatic carbocycles. The molecule has 0 nitrogen and oxygen atoms in total. The second-order valence-electron chi connectivity index (χ2n) is 5.40. The fourth-order valence-corrected chi connectivity index (χ4v) is 15.2. The minimum absolute atomic E-state index is 1.02. The summed E-state index contributed by atoms with van der Waals surface area (Å²) in [6, 6.07) is 0. The second-order valence-corrected chi connectivity index (χ2v) is 17.5. The molecule has 0 rings (SSSR count). The van der Waals surface area contributed by atoms with Crippen molar-refractivity contribution >= 4 is 13.3 Å². The first-order valence-corrected chi connectivity index (χ1v) is 11.9. The molecular weight excluding hydrogens is 229 g/mol. The summed E-state index contributed by atoms with van der Waals surface area (Å²) in [6.45, 7) is 14.7. The van der Waals surface area contributed by atoms with Crippen LogP contribution >= 0.6 is 0 Å². The van der Waals surface area contributed by atoms with E-state index >= 15 is 0 Å². The number of hydrogen-bond donors (Lipinski definition) is 0. The van der Waals surface area contributed by atoms with Gasteiger partial charge in [0.25, 0.3) is 0 Å². The van der Waals surface area contributed by atoms with Crippen LogP contribution in [0.2, 0.25) is 20.0 Å². The van der Waals surface area contributed by atoms with Gasteiger partial charge in [-0.1, -0.05) is 0 Å². The van der Waals surface area contributed by atoms with Crippen LogP contribution in [0.15, 0.2) is 0 Å². The maximum atomic E-state index is 2.49. The van der Waals surface area contributed by atoms with E-state index in [0.717, 1.165) is 9.50 Å². The van der Waals surface area contributed by atoms with Crippen molar-refractivity contribution in [3.63, 3.8) is 0 Å². The molecule has 1 heteroatoms. The Morgan fingerprint density at radius 3 is 1.57 bits per heavy atom. The third kappa shape index (κ3) is 3.60. The van der Waals surface area contributed by atoms with Crippen LogP contribution in [0.5, 0.6) is 0 Å². The van der Waals surface area contributed by atoms with Gasteiger partial charge in [-0.15, -0.1) is 0 Å². The Kier molecular flexibility index (Phi) is 7.19. The molecule has 0 aliphatic heterocycles. The SMILES string of the molecule is CCC[CH2][Ge]([CH2]CC)([CH](C)C)[CH](C)C. The molecule has 0 fully saturated rings. The first-order chi connectivity index (χ1) is 6.51. The Morgan fingerprint density at radius 2 is 1.29 bits per heavy atom. The van der Waals surface area contributed by atoms with Gasteiger partial charge in [-0.05, 0) is 0 Å². The molecule has 0 bridgehead atoms.